The summed E-state index contributed by atoms with van der Waals surface area (Å²) in [6, 6.07) is 12.7. The molecule has 0 aromatic heterocycles. The standard InChI is InChI=1S/C19H21Cl2N3O3S/c1-2-23(13-18(25)22-19-16(20)8-5-9-17(19)21)28(26,27)24-11-10-14-6-3-4-7-15(14)12-24/h3-9H,2,10-13H2,1H3,(H,22,25). The van der Waals surface area contributed by atoms with Crippen molar-refractivity contribution in [1.29, 1.82) is 0 Å². The van der Waals surface area contributed by atoms with Gasteiger partial charge in [-0.1, -0.05) is 60.5 Å². The predicted octanol–water partition coefficient (Wildman–Crippen LogP) is 3.56. The summed E-state index contributed by atoms with van der Waals surface area (Å²) in [6.07, 6.45) is 0.647. The molecule has 1 N–H and O–H groups in total. The first-order valence-electron chi connectivity index (χ1n) is 8.88. The summed E-state index contributed by atoms with van der Waals surface area (Å²) in [6.45, 7) is 2.23. The first kappa shape index (κ1) is 21.1. The van der Waals surface area contributed by atoms with Crippen LogP contribution in [-0.2, 0) is 28.0 Å². The van der Waals surface area contributed by atoms with Crippen molar-refractivity contribution in [1.82, 2.24) is 8.61 Å². The zero-order valence-electron chi connectivity index (χ0n) is 15.4. The van der Waals surface area contributed by atoms with E-state index in [9.17, 15) is 13.2 Å². The molecule has 28 heavy (non-hydrogen) atoms. The van der Waals surface area contributed by atoms with E-state index in [0.717, 1.165) is 15.4 Å². The van der Waals surface area contributed by atoms with E-state index < -0.39 is 16.1 Å². The van der Waals surface area contributed by atoms with Crippen molar-refractivity contribution < 1.29 is 13.2 Å². The van der Waals surface area contributed by atoms with E-state index in [-0.39, 0.29) is 18.8 Å². The Morgan fingerprint density at radius 2 is 1.75 bits per heavy atom. The molecule has 0 bridgehead atoms. The van der Waals surface area contributed by atoms with Crippen LogP contribution in [-0.4, -0.2) is 42.6 Å². The highest BCUT2D eigenvalue weighted by Gasteiger charge is 2.32. The molecule has 1 aliphatic heterocycles. The lowest BCUT2D eigenvalue weighted by atomic mass is 10.0. The second-order valence-corrected chi connectivity index (χ2v) is 9.17. The summed E-state index contributed by atoms with van der Waals surface area (Å²) in [7, 11) is -3.78. The summed E-state index contributed by atoms with van der Waals surface area (Å²) in [5, 5.41) is 3.19. The lowest BCUT2D eigenvalue weighted by Gasteiger charge is -2.32. The third kappa shape index (κ3) is 4.50. The fraction of sp³-hybridized carbons (Fsp3) is 0.316. The minimum absolute atomic E-state index is 0.171. The summed E-state index contributed by atoms with van der Waals surface area (Å²) < 4.78 is 28.7. The molecular formula is C19H21Cl2N3O3S. The van der Waals surface area contributed by atoms with Crippen LogP contribution in [0.2, 0.25) is 10.0 Å². The minimum Gasteiger partial charge on any atom is -0.322 e. The maximum absolute atomic E-state index is 13.1. The van der Waals surface area contributed by atoms with Crippen molar-refractivity contribution in [2.45, 2.75) is 19.9 Å². The Morgan fingerprint density at radius 1 is 1.11 bits per heavy atom. The van der Waals surface area contributed by atoms with E-state index >= 15 is 0 Å². The lowest BCUT2D eigenvalue weighted by Crippen LogP contribution is -2.48. The predicted molar refractivity (Wildman–Crippen MR) is 112 cm³/mol. The molecule has 0 unspecified atom stereocenters. The molecule has 1 aliphatic rings. The number of benzene rings is 2. The lowest BCUT2D eigenvalue weighted by molar-refractivity contribution is -0.116. The SMILES string of the molecule is CCN(CC(=O)Nc1c(Cl)cccc1Cl)S(=O)(=O)N1CCc2ccccc2C1. The molecule has 0 saturated carbocycles. The number of halogens is 2. The van der Waals surface area contributed by atoms with Crippen molar-refractivity contribution in [3.63, 3.8) is 0 Å². The molecule has 0 aliphatic carbocycles. The molecule has 1 amide bonds. The topological polar surface area (TPSA) is 69.7 Å². The molecule has 0 saturated heterocycles. The van der Waals surface area contributed by atoms with Gasteiger partial charge in [0, 0.05) is 19.6 Å². The number of para-hydroxylation sites is 1. The highest BCUT2D eigenvalue weighted by Crippen LogP contribution is 2.30. The van der Waals surface area contributed by atoms with Crippen LogP contribution in [0, 0.1) is 0 Å². The number of likely N-dealkylation sites (N-methyl/N-ethyl adjacent to an activating group) is 1. The Morgan fingerprint density at radius 3 is 2.39 bits per heavy atom. The van der Waals surface area contributed by atoms with Crippen molar-refractivity contribution in [3.8, 4) is 0 Å². The molecule has 6 nitrogen and oxygen atoms in total. The van der Waals surface area contributed by atoms with Gasteiger partial charge in [0.15, 0.2) is 0 Å². The van der Waals surface area contributed by atoms with E-state index in [0.29, 0.717) is 29.6 Å². The average Bonchev–Trinajstić information content (AvgIpc) is 2.68. The molecule has 0 radical (unpaired) electrons. The molecule has 9 heteroatoms. The van der Waals surface area contributed by atoms with Crippen LogP contribution in [0.15, 0.2) is 42.5 Å². The van der Waals surface area contributed by atoms with Gasteiger partial charge >= 0.3 is 0 Å². The van der Waals surface area contributed by atoms with Crippen molar-refractivity contribution in [2.75, 3.05) is 25.0 Å². The van der Waals surface area contributed by atoms with Crippen molar-refractivity contribution >= 4 is 45.0 Å². The maximum atomic E-state index is 13.1. The molecule has 0 spiro atoms. The molecular weight excluding hydrogens is 421 g/mol. The Bertz CT molecular complexity index is 962. The number of rotatable bonds is 6. The summed E-state index contributed by atoms with van der Waals surface area (Å²) in [5.41, 5.74) is 2.42. The highest BCUT2D eigenvalue weighted by molar-refractivity contribution is 7.86. The zero-order chi connectivity index (χ0) is 20.3. The largest absolute Gasteiger partial charge is 0.322 e. The summed E-state index contributed by atoms with van der Waals surface area (Å²) >= 11 is 12.1. The number of nitrogens with zero attached hydrogens (tertiary/aromatic N) is 2. The van der Waals surface area contributed by atoms with E-state index in [2.05, 4.69) is 5.32 Å². The normalized spacial score (nSPS) is 14.7. The Kier molecular flexibility index (Phi) is 6.62. The van der Waals surface area contributed by atoms with Gasteiger partial charge in [-0.25, -0.2) is 0 Å². The van der Waals surface area contributed by atoms with Crippen molar-refractivity contribution in [2.24, 2.45) is 0 Å². The Hall–Kier alpha value is -1.64. The van der Waals surface area contributed by atoms with Gasteiger partial charge in [-0.2, -0.15) is 17.0 Å². The number of amides is 1. The number of nitrogens with one attached hydrogen (secondary N) is 1. The van der Waals surface area contributed by atoms with Crippen LogP contribution in [0.25, 0.3) is 0 Å². The number of carbonyl (C=O) groups excluding carboxylic acids is 1. The van der Waals surface area contributed by atoms with Gasteiger partial charge < -0.3 is 5.32 Å². The minimum atomic E-state index is -3.78. The second-order valence-electron chi connectivity index (χ2n) is 6.43. The van der Waals surface area contributed by atoms with E-state index in [1.54, 1.807) is 25.1 Å². The molecule has 0 fully saturated rings. The number of hydrogen-bond acceptors (Lipinski definition) is 3. The number of carbonyl (C=O) groups is 1. The van der Waals surface area contributed by atoms with Gasteiger partial charge in [0.1, 0.15) is 0 Å². The van der Waals surface area contributed by atoms with Gasteiger partial charge in [-0.15, -0.1) is 0 Å². The number of fused-ring (bicyclic) bond motifs is 1. The first-order valence-corrected chi connectivity index (χ1v) is 11.0. The molecule has 1 heterocycles. The van der Waals surface area contributed by atoms with Gasteiger partial charge in [0.05, 0.1) is 22.3 Å². The fourth-order valence-electron chi connectivity index (χ4n) is 3.14. The summed E-state index contributed by atoms with van der Waals surface area (Å²) in [5.74, 6) is -0.502. The van der Waals surface area contributed by atoms with E-state index in [1.807, 2.05) is 24.3 Å². The van der Waals surface area contributed by atoms with Crippen LogP contribution in [0.1, 0.15) is 18.1 Å². The molecule has 150 valence electrons. The fourth-order valence-corrected chi connectivity index (χ4v) is 5.19. The molecule has 0 atom stereocenters. The average molecular weight is 442 g/mol. The third-order valence-corrected chi connectivity index (χ3v) is 7.28. The summed E-state index contributed by atoms with van der Waals surface area (Å²) in [4.78, 5) is 12.5. The van der Waals surface area contributed by atoms with Crippen LogP contribution >= 0.6 is 23.2 Å². The van der Waals surface area contributed by atoms with Gasteiger partial charge in [-0.05, 0) is 29.7 Å². The van der Waals surface area contributed by atoms with Gasteiger partial charge in [-0.3, -0.25) is 4.79 Å². The Labute approximate surface area is 175 Å². The Balaban J connectivity index is 1.73. The van der Waals surface area contributed by atoms with Crippen LogP contribution in [0.5, 0.6) is 0 Å². The van der Waals surface area contributed by atoms with Crippen LogP contribution in [0.4, 0.5) is 5.69 Å². The second kappa shape index (κ2) is 8.80. The third-order valence-electron chi connectivity index (χ3n) is 4.65. The van der Waals surface area contributed by atoms with Crippen LogP contribution < -0.4 is 5.32 Å². The number of hydrogen-bond donors (Lipinski definition) is 1. The monoisotopic (exact) mass is 441 g/mol. The molecule has 2 aromatic carbocycles. The van der Waals surface area contributed by atoms with Crippen molar-refractivity contribution in [3.05, 3.63) is 63.6 Å². The first-order chi connectivity index (χ1) is 13.3. The van der Waals surface area contributed by atoms with Crippen LogP contribution in [0.3, 0.4) is 0 Å². The quantitative estimate of drug-likeness (QED) is 0.744. The van der Waals surface area contributed by atoms with Gasteiger partial charge in [0.2, 0.25) is 5.91 Å². The highest BCUT2D eigenvalue weighted by atomic mass is 35.5. The van der Waals surface area contributed by atoms with Gasteiger partial charge in [0.25, 0.3) is 10.2 Å². The molecule has 2 aromatic rings. The smallest absolute Gasteiger partial charge is 0.282 e. The number of anilines is 1. The zero-order valence-corrected chi connectivity index (χ0v) is 17.7. The molecule has 3 rings (SSSR count). The maximum Gasteiger partial charge on any atom is 0.282 e. The van der Waals surface area contributed by atoms with E-state index in [1.165, 1.54) is 4.31 Å². The van der Waals surface area contributed by atoms with E-state index in [4.69, 9.17) is 23.2 Å².